The lowest BCUT2D eigenvalue weighted by atomic mass is 10.1. The van der Waals surface area contributed by atoms with Crippen LogP contribution in [0.1, 0.15) is 46.2 Å². The SMILES string of the molecule is CC(C)n1ncc2cc(C(=O)N3CCN(C(=O)c4ccc(C(F)(F)F)cc4)CC3)cnc21. The van der Waals surface area contributed by atoms with Crippen molar-refractivity contribution < 1.29 is 22.8 Å². The molecule has 10 heteroatoms. The molecule has 0 aliphatic carbocycles. The van der Waals surface area contributed by atoms with E-state index in [9.17, 15) is 22.8 Å². The van der Waals surface area contributed by atoms with E-state index < -0.39 is 11.7 Å². The fraction of sp³-hybridized carbons (Fsp3) is 0.364. The number of nitrogens with zero attached hydrogens (tertiary/aromatic N) is 5. The zero-order valence-electron chi connectivity index (χ0n) is 17.6. The van der Waals surface area contributed by atoms with Crippen molar-refractivity contribution in [1.29, 1.82) is 0 Å². The zero-order valence-corrected chi connectivity index (χ0v) is 17.6. The maximum absolute atomic E-state index is 12.9. The van der Waals surface area contributed by atoms with Crippen LogP contribution < -0.4 is 0 Å². The summed E-state index contributed by atoms with van der Waals surface area (Å²) in [5.41, 5.74) is 0.551. The molecule has 2 amide bonds. The van der Waals surface area contributed by atoms with Gasteiger partial charge in [0, 0.05) is 49.4 Å². The Morgan fingerprint density at radius 1 is 0.906 bits per heavy atom. The van der Waals surface area contributed by atoms with E-state index in [2.05, 4.69) is 10.1 Å². The summed E-state index contributed by atoms with van der Waals surface area (Å²) in [7, 11) is 0. The Bertz CT molecular complexity index is 1150. The van der Waals surface area contributed by atoms with Crippen molar-refractivity contribution >= 4 is 22.8 Å². The quantitative estimate of drug-likeness (QED) is 0.617. The molecule has 2 aromatic heterocycles. The van der Waals surface area contributed by atoms with Gasteiger partial charge in [0.2, 0.25) is 0 Å². The molecule has 0 spiro atoms. The maximum Gasteiger partial charge on any atom is 0.416 e. The summed E-state index contributed by atoms with van der Waals surface area (Å²) in [5, 5.41) is 5.09. The third-order valence-corrected chi connectivity index (χ3v) is 5.48. The molecular formula is C22H22F3N5O2. The first kappa shape index (κ1) is 21.8. The zero-order chi connectivity index (χ0) is 23.0. The predicted molar refractivity (Wildman–Crippen MR) is 111 cm³/mol. The first-order valence-electron chi connectivity index (χ1n) is 10.2. The van der Waals surface area contributed by atoms with Gasteiger partial charge in [0.1, 0.15) is 0 Å². The number of fused-ring (bicyclic) bond motifs is 1. The molecule has 1 saturated heterocycles. The van der Waals surface area contributed by atoms with Crippen molar-refractivity contribution in [2.24, 2.45) is 0 Å². The van der Waals surface area contributed by atoms with Crippen LogP contribution in [0.3, 0.4) is 0 Å². The molecular weight excluding hydrogens is 423 g/mol. The Labute approximate surface area is 182 Å². The molecule has 1 fully saturated rings. The fourth-order valence-corrected chi connectivity index (χ4v) is 3.71. The number of aromatic nitrogens is 3. The van der Waals surface area contributed by atoms with E-state index in [4.69, 9.17) is 0 Å². The van der Waals surface area contributed by atoms with E-state index in [0.29, 0.717) is 37.4 Å². The summed E-state index contributed by atoms with van der Waals surface area (Å²) in [5.74, 6) is -0.534. The summed E-state index contributed by atoms with van der Waals surface area (Å²) in [6, 6.07) is 6.07. The molecule has 0 N–H and O–H groups in total. The molecule has 3 heterocycles. The molecule has 4 rings (SSSR count). The smallest absolute Gasteiger partial charge is 0.335 e. The number of amides is 2. The lowest BCUT2D eigenvalue weighted by Crippen LogP contribution is -2.50. The normalized spacial score (nSPS) is 14.9. The number of rotatable bonds is 3. The van der Waals surface area contributed by atoms with Crippen LogP contribution in [0.4, 0.5) is 13.2 Å². The number of hydrogen-bond donors (Lipinski definition) is 0. The van der Waals surface area contributed by atoms with Gasteiger partial charge in [-0.05, 0) is 44.2 Å². The fourth-order valence-electron chi connectivity index (χ4n) is 3.71. The first-order chi connectivity index (χ1) is 15.1. The van der Waals surface area contributed by atoms with E-state index in [1.54, 1.807) is 26.7 Å². The summed E-state index contributed by atoms with van der Waals surface area (Å²) < 4.78 is 39.9. The van der Waals surface area contributed by atoms with E-state index in [0.717, 1.165) is 17.5 Å². The maximum atomic E-state index is 12.9. The molecule has 1 aliphatic heterocycles. The van der Waals surface area contributed by atoms with Crippen LogP contribution in [-0.4, -0.2) is 62.6 Å². The molecule has 1 aliphatic rings. The number of hydrogen-bond acceptors (Lipinski definition) is 4. The molecule has 0 saturated carbocycles. The largest absolute Gasteiger partial charge is 0.416 e. The minimum absolute atomic E-state index is 0.150. The molecule has 0 bridgehead atoms. The number of carbonyl (C=O) groups excluding carboxylic acids is 2. The molecule has 7 nitrogen and oxygen atoms in total. The number of benzene rings is 1. The third-order valence-electron chi connectivity index (χ3n) is 5.48. The highest BCUT2D eigenvalue weighted by Gasteiger charge is 2.31. The van der Waals surface area contributed by atoms with Crippen LogP contribution >= 0.6 is 0 Å². The second kappa shape index (κ2) is 8.25. The first-order valence-corrected chi connectivity index (χ1v) is 10.2. The van der Waals surface area contributed by atoms with Crippen LogP contribution in [-0.2, 0) is 6.18 Å². The van der Waals surface area contributed by atoms with Crippen LogP contribution in [0.5, 0.6) is 0 Å². The average molecular weight is 445 g/mol. The standard InChI is InChI=1S/C22H22F3N5O2/c1-14(2)30-19-16(13-27-30)11-17(12-26-19)21(32)29-9-7-28(8-10-29)20(31)15-3-5-18(6-4-15)22(23,24)25/h3-6,11-14H,7-10H2,1-2H3. The average Bonchev–Trinajstić information content (AvgIpc) is 3.21. The highest BCUT2D eigenvalue weighted by molar-refractivity contribution is 5.97. The van der Waals surface area contributed by atoms with E-state index >= 15 is 0 Å². The van der Waals surface area contributed by atoms with Gasteiger partial charge >= 0.3 is 6.18 Å². The molecule has 0 radical (unpaired) electrons. The molecule has 0 unspecified atom stereocenters. The van der Waals surface area contributed by atoms with Crippen LogP contribution in [0.15, 0.2) is 42.7 Å². The third kappa shape index (κ3) is 4.17. The van der Waals surface area contributed by atoms with Gasteiger partial charge in [0.25, 0.3) is 11.8 Å². The Balaban J connectivity index is 1.40. The van der Waals surface area contributed by atoms with Gasteiger partial charge < -0.3 is 9.80 Å². The molecule has 0 atom stereocenters. The second-order valence-electron chi connectivity index (χ2n) is 7.98. The summed E-state index contributed by atoms with van der Waals surface area (Å²) >= 11 is 0. The Hall–Kier alpha value is -3.43. The van der Waals surface area contributed by atoms with E-state index in [1.807, 2.05) is 13.8 Å². The number of alkyl halides is 3. The number of piperazine rings is 1. The van der Waals surface area contributed by atoms with Crippen LogP contribution in [0.25, 0.3) is 11.0 Å². The molecule has 3 aromatic rings. The van der Waals surface area contributed by atoms with Crippen molar-refractivity contribution in [3.63, 3.8) is 0 Å². The lowest BCUT2D eigenvalue weighted by Gasteiger charge is -2.34. The Morgan fingerprint density at radius 3 is 2.00 bits per heavy atom. The van der Waals surface area contributed by atoms with Gasteiger partial charge in [-0.1, -0.05) is 0 Å². The van der Waals surface area contributed by atoms with Crippen molar-refractivity contribution in [3.05, 3.63) is 59.4 Å². The minimum Gasteiger partial charge on any atom is -0.335 e. The van der Waals surface area contributed by atoms with Crippen molar-refractivity contribution in [2.75, 3.05) is 26.2 Å². The van der Waals surface area contributed by atoms with Crippen molar-refractivity contribution in [1.82, 2.24) is 24.6 Å². The molecule has 168 valence electrons. The van der Waals surface area contributed by atoms with Crippen molar-refractivity contribution in [2.45, 2.75) is 26.1 Å². The summed E-state index contributed by atoms with van der Waals surface area (Å²) in [6.45, 7) is 5.25. The number of halogens is 3. The summed E-state index contributed by atoms with van der Waals surface area (Å²) in [4.78, 5) is 33.1. The molecule has 1 aromatic carbocycles. The van der Waals surface area contributed by atoms with Crippen LogP contribution in [0.2, 0.25) is 0 Å². The van der Waals surface area contributed by atoms with Crippen molar-refractivity contribution in [3.8, 4) is 0 Å². The highest BCUT2D eigenvalue weighted by Crippen LogP contribution is 2.29. The van der Waals surface area contributed by atoms with Gasteiger partial charge in [0.15, 0.2) is 5.65 Å². The second-order valence-corrected chi connectivity index (χ2v) is 7.98. The van der Waals surface area contributed by atoms with Crippen LogP contribution in [0, 0.1) is 0 Å². The Morgan fingerprint density at radius 2 is 1.47 bits per heavy atom. The van der Waals surface area contributed by atoms with Gasteiger partial charge in [-0.15, -0.1) is 0 Å². The lowest BCUT2D eigenvalue weighted by molar-refractivity contribution is -0.137. The number of pyridine rings is 1. The minimum atomic E-state index is -4.45. The summed E-state index contributed by atoms with van der Waals surface area (Å²) in [6.07, 6.45) is -1.23. The monoisotopic (exact) mass is 445 g/mol. The Kier molecular flexibility index (Phi) is 5.62. The topological polar surface area (TPSA) is 71.3 Å². The van der Waals surface area contributed by atoms with E-state index in [1.165, 1.54) is 18.3 Å². The highest BCUT2D eigenvalue weighted by atomic mass is 19.4. The van der Waals surface area contributed by atoms with Gasteiger partial charge in [-0.3, -0.25) is 9.59 Å². The van der Waals surface area contributed by atoms with Gasteiger partial charge in [0.05, 0.1) is 17.3 Å². The van der Waals surface area contributed by atoms with Gasteiger partial charge in [-0.25, -0.2) is 9.67 Å². The molecule has 32 heavy (non-hydrogen) atoms. The predicted octanol–water partition coefficient (Wildman–Crippen LogP) is 3.63. The number of carbonyl (C=O) groups is 2. The van der Waals surface area contributed by atoms with E-state index in [-0.39, 0.29) is 23.4 Å². The van der Waals surface area contributed by atoms with Gasteiger partial charge in [-0.2, -0.15) is 18.3 Å².